The molecule has 0 aliphatic heterocycles. The van der Waals surface area contributed by atoms with Crippen LogP contribution in [0.15, 0.2) is 96.1 Å². The van der Waals surface area contributed by atoms with E-state index in [1.54, 1.807) is 49.6 Å². The number of anilines is 2. The Morgan fingerprint density at radius 3 is 2.00 bits per heavy atom. The Balaban J connectivity index is 0.000000205. The van der Waals surface area contributed by atoms with Gasteiger partial charge in [0.25, 0.3) is 11.8 Å². The molecule has 5 aromatic heterocycles. The number of rotatable bonds is 14. The molecule has 60 heavy (non-hydrogen) atoms. The van der Waals surface area contributed by atoms with Gasteiger partial charge < -0.3 is 36.0 Å². The number of ether oxygens (including phenoxy) is 2. The second-order valence-electron chi connectivity index (χ2n) is 14.1. The minimum absolute atomic E-state index is 0.191. The maximum Gasteiger partial charge on any atom is 0.273 e. The van der Waals surface area contributed by atoms with E-state index in [0.29, 0.717) is 55.7 Å². The smallest absolute Gasteiger partial charge is 0.273 e. The number of oxazole rings is 1. The van der Waals surface area contributed by atoms with Crippen LogP contribution >= 0.6 is 0 Å². The maximum absolute atomic E-state index is 12.6. The molecule has 7 rings (SSSR count). The van der Waals surface area contributed by atoms with Gasteiger partial charge in [-0.3, -0.25) is 19.0 Å². The number of nitrogen functional groups attached to an aromatic ring is 2. The topological polar surface area (TPSA) is 216 Å². The van der Waals surface area contributed by atoms with Crippen LogP contribution in [-0.2, 0) is 32.6 Å². The Bertz CT molecular complexity index is 2520. The van der Waals surface area contributed by atoms with Crippen molar-refractivity contribution in [3.05, 3.63) is 159 Å². The van der Waals surface area contributed by atoms with Crippen molar-refractivity contribution in [3.8, 4) is 11.5 Å². The second kappa shape index (κ2) is 19.3. The first kappa shape index (κ1) is 42.1. The van der Waals surface area contributed by atoms with Gasteiger partial charge >= 0.3 is 0 Å². The van der Waals surface area contributed by atoms with Gasteiger partial charge in [-0.15, -0.1) is 0 Å². The van der Waals surface area contributed by atoms with Crippen LogP contribution in [0.1, 0.15) is 77.1 Å². The molecule has 0 unspecified atom stereocenters. The average Bonchev–Trinajstić information content (AvgIpc) is 4.02. The molecule has 0 radical (unpaired) electrons. The predicted octanol–water partition coefficient (Wildman–Crippen LogP) is 5.51. The number of aromatic nitrogens is 7. The third-order valence-electron chi connectivity index (χ3n) is 9.78. The number of hydrogen-bond donors (Lipinski definition) is 4. The van der Waals surface area contributed by atoms with Gasteiger partial charge in [0.1, 0.15) is 29.4 Å². The summed E-state index contributed by atoms with van der Waals surface area (Å²) in [6.07, 6.45) is 8.84. The number of benzene rings is 2. The molecule has 16 heteroatoms. The van der Waals surface area contributed by atoms with E-state index in [1.807, 2.05) is 87.1 Å². The second-order valence-corrected chi connectivity index (χ2v) is 14.1. The average molecular weight is 812 g/mol. The number of carbonyl (C=O) groups excluding carboxylic acids is 2. The zero-order valence-electron chi connectivity index (χ0n) is 34.5. The van der Waals surface area contributed by atoms with Crippen molar-refractivity contribution in [2.75, 3.05) is 25.7 Å². The van der Waals surface area contributed by atoms with Crippen molar-refractivity contribution >= 4 is 23.5 Å². The summed E-state index contributed by atoms with van der Waals surface area (Å²) in [5.74, 6) is 2.52. The Morgan fingerprint density at radius 2 is 1.40 bits per heavy atom. The minimum Gasteiger partial charge on any atom is -0.497 e. The highest BCUT2D eigenvalue weighted by Gasteiger charge is 2.15. The quantitative estimate of drug-likeness (QED) is 0.107. The summed E-state index contributed by atoms with van der Waals surface area (Å²) in [6.45, 7) is 9.53. The first-order valence-corrected chi connectivity index (χ1v) is 19.1. The van der Waals surface area contributed by atoms with Crippen LogP contribution in [0.2, 0.25) is 0 Å². The Morgan fingerprint density at radius 1 is 0.750 bits per heavy atom. The van der Waals surface area contributed by atoms with E-state index >= 15 is 0 Å². The summed E-state index contributed by atoms with van der Waals surface area (Å²) in [4.78, 5) is 37.8. The fraction of sp³-hybridized carbons (Fsp3) is 0.250. The molecule has 0 saturated carbocycles. The van der Waals surface area contributed by atoms with Gasteiger partial charge in [-0.05, 0) is 97.5 Å². The SMILES string of the molecule is COc1cc(Cn2cc(C(=O)NCc3c(C)cc(N)nc3C)cn2)ccc1Cn1cccn1.COc1ccc(Cc2nc(C(=O)NCc3c(C)cc(N)nc3C)co2)cc1. The van der Waals surface area contributed by atoms with E-state index in [9.17, 15) is 9.59 Å². The number of nitrogens with one attached hydrogen (secondary N) is 2. The van der Waals surface area contributed by atoms with Crippen molar-refractivity contribution < 1.29 is 23.5 Å². The lowest BCUT2D eigenvalue weighted by molar-refractivity contribution is 0.0939. The van der Waals surface area contributed by atoms with Crippen LogP contribution in [-0.4, -0.2) is 60.5 Å². The number of carbonyl (C=O) groups is 2. The van der Waals surface area contributed by atoms with Crippen LogP contribution in [0.5, 0.6) is 11.5 Å². The molecule has 0 atom stereocenters. The summed E-state index contributed by atoms with van der Waals surface area (Å²) >= 11 is 0. The molecule has 2 aromatic carbocycles. The summed E-state index contributed by atoms with van der Waals surface area (Å²) in [5, 5.41) is 14.4. The van der Waals surface area contributed by atoms with Gasteiger partial charge in [-0.2, -0.15) is 10.2 Å². The van der Waals surface area contributed by atoms with Gasteiger partial charge in [-0.25, -0.2) is 15.0 Å². The molecular formula is C44H49N11O5. The van der Waals surface area contributed by atoms with Crippen molar-refractivity contribution in [3.63, 3.8) is 0 Å². The van der Waals surface area contributed by atoms with Crippen LogP contribution in [0.25, 0.3) is 0 Å². The number of pyridine rings is 2. The van der Waals surface area contributed by atoms with Gasteiger partial charge in [0.2, 0.25) is 0 Å². The fourth-order valence-corrected chi connectivity index (χ4v) is 6.60. The molecule has 5 heterocycles. The summed E-state index contributed by atoms with van der Waals surface area (Å²) in [7, 11) is 3.28. The normalized spacial score (nSPS) is 10.8. The number of aryl methyl sites for hydroxylation is 4. The molecule has 0 aliphatic rings. The van der Waals surface area contributed by atoms with Crippen molar-refractivity contribution in [2.24, 2.45) is 0 Å². The van der Waals surface area contributed by atoms with E-state index in [4.69, 9.17) is 25.4 Å². The first-order chi connectivity index (χ1) is 28.9. The van der Waals surface area contributed by atoms with Crippen molar-refractivity contribution in [1.29, 1.82) is 0 Å². The van der Waals surface area contributed by atoms with Crippen LogP contribution in [0.3, 0.4) is 0 Å². The number of hydrogen-bond acceptors (Lipinski definition) is 12. The molecule has 0 fully saturated rings. The largest absolute Gasteiger partial charge is 0.497 e. The van der Waals surface area contributed by atoms with Gasteiger partial charge in [0.05, 0.1) is 39.1 Å². The zero-order valence-corrected chi connectivity index (χ0v) is 34.5. The molecule has 6 N–H and O–H groups in total. The van der Waals surface area contributed by atoms with E-state index < -0.39 is 0 Å². The van der Waals surface area contributed by atoms with Gasteiger partial charge in [-0.1, -0.05) is 24.3 Å². The molecule has 16 nitrogen and oxygen atoms in total. The van der Waals surface area contributed by atoms with E-state index in [2.05, 4.69) is 35.8 Å². The van der Waals surface area contributed by atoms with Gasteiger partial charge in [0, 0.05) is 55.1 Å². The summed E-state index contributed by atoms with van der Waals surface area (Å²) in [6, 6.07) is 19.1. The van der Waals surface area contributed by atoms with Crippen molar-refractivity contribution in [1.82, 2.24) is 45.1 Å². The molecule has 0 aliphatic carbocycles. The molecule has 0 bridgehead atoms. The number of amides is 2. The highest BCUT2D eigenvalue weighted by atomic mass is 16.5. The maximum atomic E-state index is 12.6. The molecule has 310 valence electrons. The van der Waals surface area contributed by atoms with Crippen LogP contribution < -0.4 is 31.6 Å². The standard InChI is InChI=1S/C24H27N7O2.C20H22N4O3/c1-16-9-23(25)29-17(2)21(16)12-26-24(32)20-11-28-31(15-20)13-18-5-6-19(22(10-18)33-3)14-30-8-4-7-27-30;1-12-8-18(21)23-13(2)16(12)10-22-20(25)17-11-27-19(24-17)9-14-4-6-15(26-3)7-5-14/h4-11,15H,12-14H2,1-3H3,(H2,25,29)(H,26,32);4-8,11H,9-10H2,1-3H3,(H2,21,23)(H,22,25). The molecule has 2 amide bonds. The third-order valence-corrected chi connectivity index (χ3v) is 9.78. The Kier molecular flexibility index (Phi) is 13.6. The lowest BCUT2D eigenvalue weighted by atomic mass is 10.1. The van der Waals surface area contributed by atoms with E-state index in [0.717, 1.165) is 61.8 Å². The number of methoxy groups -OCH3 is 2. The summed E-state index contributed by atoms with van der Waals surface area (Å²) in [5.41, 5.74) is 20.8. The zero-order chi connectivity index (χ0) is 42.8. The molecule has 7 aromatic rings. The molecular weight excluding hydrogens is 763 g/mol. The summed E-state index contributed by atoms with van der Waals surface area (Å²) < 4.78 is 19.7. The monoisotopic (exact) mass is 811 g/mol. The Hall–Kier alpha value is -7.49. The minimum atomic E-state index is -0.296. The lowest BCUT2D eigenvalue weighted by Gasteiger charge is -2.11. The van der Waals surface area contributed by atoms with Gasteiger partial charge in [0.15, 0.2) is 11.6 Å². The van der Waals surface area contributed by atoms with Crippen LogP contribution in [0.4, 0.5) is 11.6 Å². The number of nitrogens with two attached hydrogens (primary N) is 2. The first-order valence-electron chi connectivity index (χ1n) is 19.1. The highest BCUT2D eigenvalue weighted by molar-refractivity contribution is 5.93. The van der Waals surface area contributed by atoms with E-state index in [-0.39, 0.29) is 17.5 Å². The van der Waals surface area contributed by atoms with Crippen LogP contribution in [0, 0.1) is 27.7 Å². The predicted molar refractivity (Wildman–Crippen MR) is 227 cm³/mol. The molecule has 0 spiro atoms. The fourth-order valence-electron chi connectivity index (χ4n) is 6.60. The Labute approximate surface area is 348 Å². The molecule has 0 saturated heterocycles. The number of nitrogens with zero attached hydrogens (tertiary/aromatic N) is 7. The van der Waals surface area contributed by atoms with E-state index in [1.165, 1.54) is 6.26 Å². The third kappa shape index (κ3) is 10.9. The van der Waals surface area contributed by atoms with Crippen molar-refractivity contribution in [2.45, 2.75) is 60.3 Å². The lowest BCUT2D eigenvalue weighted by Crippen LogP contribution is -2.24. The highest BCUT2D eigenvalue weighted by Crippen LogP contribution is 2.22.